The summed E-state index contributed by atoms with van der Waals surface area (Å²) >= 11 is 0. The van der Waals surface area contributed by atoms with E-state index in [-0.39, 0.29) is 11.2 Å². The van der Waals surface area contributed by atoms with Crippen LogP contribution in [0.1, 0.15) is 50.7 Å². The molecule has 0 fully saturated rings. The van der Waals surface area contributed by atoms with E-state index in [4.69, 9.17) is 5.73 Å². The van der Waals surface area contributed by atoms with Crippen LogP contribution in [-0.4, -0.2) is 21.9 Å². The Bertz CT molecular complexity index is 368. The number of imidazole rings is 1. The van der Waals surface area contributed by atoms with E-state index in [9.17, 15) is 4.79 Å². The number of nitrogens with two attached hydrogens (primary N) is 1. The first-order valence-electron chi connectivity index (χ1n) is 6.24. The number of carbonyl (C=O) groups is 1. The minimum atomic E-state index is 0.127. The minimum Gasteiger partial charge on any atom is -0.330 e. The second kappa shape index (κ2) is 5.96. The molecule has 1 rings (SSSR count). The topological polar surface area (TPSA) is 60.9 Å². The third-order valence-electron chi connectivity index (χ3n) is 3.16. The molecule has 17 heavy (non-hydrogen) atoms. The summed E-state index contributed by atoms with van der Waals surface area (Å²) in [4.78, 5) is 16.1. The summed E-state index contributed by atoms with van der Waals surface area (Å²) in [7, 11) is 0. The average Bonchev–Trinajstić information content (AvgIpc) is 2.74. The van der Waals surface area contributed by atoms with E-state index in [1.54, 1.807) is 6.20 Å². The van der Waals surface area contributed by atoms with E-state index in [0.29, 0.717) is 18.8 Å². The Morgan fingerprint density at radius 2 is 2.18 bits per heavy atom. The fourth-order valence-electron chi connectivity index (χ4n) is 1.90. The highest BCUT2D eigenvalue weighted by Gasteiger charge is 2.20. The molecule has 0 saturated heterocycles. The van der Waals surface area contributed by atoms with Gasteiger partial charge in [-0.1, -0.05) is 13.8 Å². The highest BCUT2D eigenvalue weighted by Crippen LogP contribution is 2.26. The van der Waals surface area contributed by atoms with Crippen LogP contribution in [-0.2, 0) is 6.54 Å². The lowest BCUT2D eigenvalue weighted by atomic mass is 9.84. The molecule has 1 heterocycles. The molecule has 0 aliphatic heterocycles. The van der Waals surface area contributed by atoms with Crippen LogP contribution in [0.4, 0.5) is 0 Å². The predicted molar refractivity (Wildman–Crippen MR) is 68.9 cm³/mol. The number of hydrogen-bond acceptors (Lipinski definition) is 3. The Hall–Kier alpha value is -1.16. The third kappa shape index (κ3) is 3.97. The number of carbonyl (C=O) groups excluding carboxylic acids is 1. The molecule has 1 aromatic rings. The van der Waals surface area contributed by atoms with Gasteiger partial charge in [0.2, 0.25) is 0 Å². The van der Waals surface area contributed by atoms with Crippen molar-refractivity contribution in [3.05, 3.63) is 18.2 Å². The molecule has 2 N–H and O–H groups in total. The molecule has 0 bridgehead atoms. The van der Waals surface area contributed by atoms with E-state index in [2.05, 4.69) is 18.8 Å². The molecule has 0 saturated carbocycles. The van der Waals surface area contributed by atoms with Crippen molar-refractivity contribution in [1.29, 1.82) is 0 Å². The summed E-state index contributed by atoms with van der Waals surface area (Å²) in [5, 5.41) is 0. The zero-order valence-electron chi connectivity index (χ0n) is 11.1. The van der Waals surface area contributed by atoms with Crippen LogP contribution in [0, 0.1) is 5.41 Å². The van der Waals surface area contributed by atoms with Crippen molar-refractivity contribution in [2.75, 3.05) is 6.54 Å². The van der Waals surface area contributed by atoms with Crippen molar-refractivity contribution in [3.8, 4) is 0 Å². The number of aryl methyl sites for hydroxylation is 1. The van der Waals surface area contributed by atoms with Gasteiger partial charge in [0.15, 0.2) is 11.6 Å². The Balaban J connectivity index is 2.56. The van der Waals surface area contributed by atoms with Crippen LogP contribution in [0.25, 0.3) is 0 Å². The van der Waals surface area contributed by atoms with Gasteiger partial charge < -0.3 is 10.3 Å². The number of nitrogens with zero attached hydrogens (tertiary/aromatic N) is 2. The molecule has 0 aliphatic rings. The van der Waals surface area contributed by atoms with Crippen molar-refractivity contribution in [3.63, 3.8) is 0 Å². The van der Waals surface area contributed by atoms with Crippen molar-refractivity contribution < 1.29 is 4.79 Å². The van der Waals surface area contributed by atoms with Crippen molar-refractivity contribution in [2.24, 2.45) is 11.1 Å². The maximum Gasteiger partial charge on any atom is 0.198 e. The summed E-state index contributed by atoms with van der Waals surface area (Å²) < 4.78 is 1.89. The molecule has 0 radical (unpaired) electrons. The smallest absolute Gasteiger partial charge is 0.198 e. The molecule has 4 nitrogen and oxygen atoms in total. The SMILES string of the molecule is CCn1ccnc1C(=O)CCC(C)(C)CCN. The second-order valence-electron chi connectivity index (χ2n) is 5.16. The second-order valence-corrected chi connectivity index (χ2v) is 5.16. The molecule has 0 unspecified atom stereocenters. The summed E-state index contributed by atoms with van der Waals surface area (Å²) in [6.07, 6.45) is 5.88. The van der Waals surface area contributed by atoms with Gasteiger partial charge in [0, 0.05) is 25.4 Å². The maximum atomic E-state index is 12.0. The molecular weight excluding hydrogens is 214 g/mol. The Morgan fingerprint density at radius 1 is 1.47 bits per heavy atom. The lowest BCUT2D eigenvalue weighted by Gasteiger charge is -2.23. The standard InChI is InChI=1S/C13H23N3O/c1-4-16-10-9-15-12(16)11(17)5-6-13(2,3)7-8-14/h9-10H,4-8,14H2,1-3H3. The molecular formula is C13H23N3O. The summed E-state index contributed by atoms with van der Waals surface area (Å²) in [5.74, 6) is 0.706. The largest absolute Gasteiger partial charge is 0.330 e. The van der Waals surface area contributed by atoms with E-state index < -0.39 is 0 Å². The molecule has 0 aromatic carbocycles. The first kappa shape index (κ1) is 13.9. The van der Waals surface area contributed by atoms with E-state index in [1.807, 2.05) is 17.7 Å². The van der Waals surface area contributed by atoms with Crippen molar-refractivity contribution in [2.45, 2.75) is 46.6 Å². The lowest BCUT2D eigenvalue weighted by Crippen LogP contribution is -2.19. The maximum absolute atomic E-state index is 12.0. The van der Waals surface area contributed by atoms with Crippen LogP contribution in [0.5, 0.6) is 0 Å². The van der Waals surface area contributed by atoms with Gasteiger partial charge in [-0.25, -0.2) is 4.98 Å². The lowest BCUT2D eigenvalue weighted by molar-refractivity contribution is 0.0947. The van der Waals surface area contributed by atoms with Crippen LogP contribution in [0.3, 0.4) is 0 Å². The number of rotatable bonds is 7. The average molecular weight is 237 g/mol. The molecule has 1 aromatic heterocycles. The molecule has 96 valence electrons. The Labute approximate surface area is 103 Å². The quantitative estimate of drug-likeness (QED) is 0.740. The minimum absolute atomic E-state index is 0.127. The van der Waals surface area contributed by atoms with Crippen LogP contribution < -0.4 is 5.73 Å². The summed E-state index contributed by atoms with van der Waals surface area (Å²) in [6.45, 7) is 7.77. The number of Topliss-reactive ketones (excluding diaryl/α,β-unsaturated/α-hetero) is 1. The summed E-state index contributed by atoms with van der Waals surface area (Å²) in [5.41, 5.74) is 5.69. The van der Waals surface area contributed by atoms with Crippen LogP contribution >= 0.6 is 0 Å². The molecule has 0 atom stereocenters. The number of hydrogen-bond donors (Lipinski definition) is 1. The van der Waals surface area contributed by atoms with Crippen LogP contribution in [0.15, 0.2) is 12.4 Å². The zero-order chi connectivity index (χ0) is 12.9. The molecule has 0 aliphatic carbocycles. The van der Waals surface area contributed by atoms with Crippen molar-refractivity contribution >= 4 is 5.78 Å². The van der Waals surface area contributed by atoms with Gasteiger partial charge in [-0.3, -0.25) is 4.79 Å². The van der Waals surface area contributed by atoms with Gasteiger partial charge >= 0.3 is 0 Å². The predicted octanol–water partition coefficient (Wildman–Crippen LogP) is 2.24. The monoisotopic (exact) mass is 237 g/mol. The van der Waals surface area contributed by atoms with Gasteiger partial charge in [0.05, 0.1) is 0 Å². The fourth-order valence-corrected chi connectivity index (χ4v) is 1.90. The first-order valence-corrected chi connectivity index (χ1v) is 6.24. The van der Waals surface area contributed by atoms with Gasteiger partial charge in [-0.15, -0.1) is 0 Å². The zero-order valence-corrected chi connectivity index (χ0v) is 11.1. The highest BCUT2D eigenvalue weighted by atomic mass is 16.1. The van der Waals surface area contributed by atoms with Crippen LogP contribution in [0.2, 0.25) is 0 Å². The van der Waals surface area contributed by atoms with Gasteiger partial charge in [0.1, 0.15) is 0 Å². The molecule has 4 heteroatoms. The van der Waals surface area contributed by atoms with E-state index in [1.165, 1.54) is 0 Å². The summed E-state index contributed by atoms with van der Waals surface area (Å²) in [6, 6.07) is 0. The fraction of sp³-hybridized carbons (Fsp3) is 0.692. The van der Waals surface area contributed by atoms with Gasteiger partial charge in [-0.2, -0.15) is 0 Å². The highest BCUT2D eigenvalue weighted by molar-refractivity contribution is 5.92. The van der Waals surface area contributed by atoms with E-state index >= 15 is 0 Å². The Morgan fingerprint density at radius 3 is 2.76 bits per heavy atom. The molecule has 0 spiro atoms. The number of aromatic nitrogens is 2. The third-order valence-corrected chi connectivity index (χ3v) is 3.16. The first-order chi connectivity index (χ1) is 8.00. The normalized spacial score (nSPS) is 11.8. The van der Waals surface area contributed by atoms with Crippen molar-refractivity contribution in [1.82, 2.24) is 9.55 Å². The number of ketones is 1. The van der Waals surface area contributed by atoms with Gasteiger partial charge in [0.25, 0.3) is 0 Å². The van der Waals surface area contributed by atoms with Gasteiger partial charge in [-0.05, 0) is 31.7 Å². The van der Waals surface area contributed by atoms with E-state index in [0.717, 1.165) is 19.4 Å². The molecule has 0 amide bonds. The Kier molecular flexibility index (Phi) is 4.87.